The van der Waals surface area contributed by atoms with Gasteiger partial charge in [0.1, 0.15) is 0 Å². The zero-order chi connectivity index (χ0) is 21.3. The summed E-state index contributed by atoms with van der Waals surface area (Å²) in [4.78, 5) is 33.9. The molecule has 0 atom stereocenters. The van der Waals surface area contributed by atoms with Gasteiger partial charge in [0.05, 0.1) is 16.7 Å². The van der Waals surface area contributed by atoms with Crippen molar-refractivity contribution < 1.29 is 4.79 Å². The van der Waals surface area contributed by atoms with Crippen molar-refractivity contribution in [2.24, 2.45) is 5.92 Å². The number of fused-ring (bicyclic) bond motifs is 2. The van der Waals surface area contributed by atoms with Crippen LogP contribution in [0.5, 0.6) is 0 Å². The van der Waals surface area contributed by atoms with Gasteiger partial charge in [-0.2, -0.15) is 0 Å². The quantitative estimate of drug-likeness (QED) is 0.389. The minimum Gasteiger partial charge on any atom is -0.337 e. The molecule has 3 aromatic rings. The van der Waals surface area contributed by atoms with Gasteiger partial charge in [0, 0.05) is 29.5 Å². The number of thioether (sulfide) groups is 1. The topological polar surface area (TPSA) is 55.2 Å². The first-order valence-corrected chi connectivity index (χ1v) is 12.3. The molecule has 0 saturated heterocycles. The summed E-state index contributed by atoms with van der Waals surface area (Å²) in [6.45, 7) is 6.25. The van der Waals surface area contributed by atoms with Crippen LogP contribution in [0.1, 0.15) is 30.7 Å². The largest absolute Gasteiger partial charge is 0.337 e. The normalized spacial score (nSPS) is 13.8. The van der Waals surface area contributed by atoms with Gasteiger partial charge in [-0.3, -0.25) is 14.2 Å². The third-order valence-corrected chi connectivity index (χ3v) is 7.52. The fraction of sp³-hybridized carbons (Fsp3) is 0.409. The molecule has 30 heavy (non-hydrogen) atoms. The zero-order valence-corrected chi connectivity index (χ0v) is 19.4. The van der Waals surface area contributed by atoms with Crippen LogP contribution < -0.4 is 5.56 Å². The molecule has 0 saturated carbocycles. The van der Waals surface area contributed by atoms with E-state index in [2.05, 4.69) is 25.3 Å². The lowest BCUT2D eigenvalue weighted by Gasteiger charge is -2.27. The van der Waals surface area contributed by atoms with E-state index in [0.29, 0.717) is 40.1 Å². The number of thiophene rings is 1. The summed E-state index contributed by atoms with van der Waals surface area (Å²) in [5.41, 5.74) is 1.74. The molecule has 0 aliphatic carbocycles. The SMILES string of the molecule is CC(C)CCn1c(SCC(=O)N2CCc3sccc3C2)nc2cc(Cl)ccc2c1=O. The van der Waals surface area contributed by atoms with Gasteiger partial charge in [-0.1, -0.05) is 37.2 Å². The van der Waals surface area contributed by atoms with Crippen molar-refractivity contribution in [3.8, 4) is 0 Å². The number of amides is 1. The van der Waals surface area contributed by atoms with Crippen molar-refractivity contribution in [3.05, 3.63) is 55.5 Å². The van der Waals surface area contributed by atoms with Crippen LogP contribution in [0.15, 0.2) is 39.6 Å². The van der Waals surface area contributed by atoms with E-state index in [9.17, 15) is 9.59 Å². The molecule has 2 aromatic heterocycles. The lowest BCUT2D eigenvalue weighted by Crippen LogP contribution is -2.36. The molecule has 0 N–H and O–H groups in total. The van der Waals surface area contributed by atoms with Crippen molar-refractivity contribution in [1.29, 1.82) is 0 Å². The van der Waals surface area contributed by atoms with E-state index in [1.807, 2.05) is 4.90 Å². The van der Waals surface area contributed by atoms with Crippen LogP contribution in [0.3, 0.4) is 0 Å². The number of halogens is 1. The second kappa shape index (κ2) is 9.12. The average molecular weight is 462 g/mol. The summed E-state index contributed by atoms with van der Waals surface area (Å²) in [5, 5.41) is 3.77. The third kappa shape index (κ3) is 4.58. The fourth-order valence-corrected chi connectivity index (χ4v) is 5.53. The summed E-state index contributed by atoms with van der Waals surface area (Å²) in [7, 11) is 0. The van der Waals surface area contributed by atoms with Crippen LogP contribution in [0.4, 0.5) is 0 Å². The van der Waals surface area contributed by atoms with Gasteiger partial charge in [-0.15, -0.1) is 11.3 Å². The van der Waals surface area contributed by atoms with Crippen molar-refractivity contribution in [2.75, 3.05) is 12.3 Å². The molecule has 4 rings (SSSR count). The van der Waals surface area contributed by atoms with Gasteiger partial charge in [0.2, 0.25) is 5.91 Å². The Kier molecular flexibility index (Phi) is 6.51. The number of rotatable bonds is 6. The highest BCUT2D eigenvalue weighted by molar-refractivity contribution is 7.99. The van der Waals surface area contributed by atoms with Crippen molar-refractivity contribution >= 4 is 51.5 Å². The second-order valence-corrected chi connectivity index (χ2v) is 10.3. The van der Waals surface area contributed by atoms with Crippen LogP contribution in [-0.4, -0.2) is 32.7 Å². The zero-order valence-electron chi connectivity index (χ0n) is 17.1. The Bertz CT molecular complexity index is 1140. The van der Waals surface area contributed by atoms with E-state index in [1.165, 1.54) is 22.2 Å². The predicted octanol–water partition coefficient (Wildman–Crippen LogP) is 4.83. The molecule has 158 valence electrons. The van der Waals surface area contributed by atoms with E-state index in [1.54, 1.807) is 34.1 Å². The molecule has 1 amide bonds. The minimum atomic E-state index is -0.0758. The first-order valence-electron chi connectivity index (χ1n) is 10.1. The molecule has 0 radical (unpaired) electrons. The Morgan fingerprint density at radius 3 is 2.97 bits per heavy atom. The maximum absolute atomic E-state index is 13.1. The Hall–Kier alpha value is -1.83. The van der Waals surface area contributed by atoms with E-state index < -0.39 is 0 Å². The molecular weight excluding hydrogens is 438 g/mol. The number of carbonyl (C=O) groups excluding carboxylic acids is 1. The van der Waals surface area contributed by atoms with Gasteiger partial charge in [-0.05, 0) is 54.0 Å². The van der Waals surface area contributed by atoms with E-state index >= 15 is 0 Å². The predicted molar refractivity (Wildman–Crippen MR) is 125 cm³/mol. The van der Waals surface area contributed by atoms with Gasteiger partial charge in [-0.25, -0.2) is 4.98 Å². The fourth-order valence-electron chi connectivity index (χ4n) is 3.55. The molecular formula is C22H24ClN3O2S2. The van der Waals surface area contributed by atoms with Crippen LogP contribution in [0, 0.1) is 5.92 Å². The number of carbonyl (C=O) groups is 1. The van der Waals surface area contributed by atoms with E-state index in [0.717, 1.165) is 19.4 Å². The van der Waals surface area contributed by atoms with Crippen molar-refractivity contribution in [1.82, 2.24) is 14.5 Å². The monoisotopic (exact) mass is 461 g/mol. The van der Waals surface area contributed by atoms with Crippen molar-refractivity contribution in [2.45, 2.75) is 44.9 Å². The maximum atomic E-state index is 13.1. The Labute approximate surface area is 189 Å². The van der Waals surface area contributed by atoms with Gasteiger partial charge < -0.3 is 4.90 Å². The van der Waals surface area contributed by atoms with Crippen LogP contribution in [-0.2, 0) is 24.3 Å². The summed E-state index contributed by atoms with van der Waals surface area (Å²) < 4.78 is 1.71. The standard InChI is InChI=1S/C22H24ClN3O2S2/c1-14(2)5-9-26-21(28)17-4-3-16(23)11-18(17)24-22(26)30-13-20(27)25-8-6-19-15(12-25)7-10-29-19/h3-4,7,10-11,14H,5-6,8-9,12-13H2,1-2H3. The van der Waals surface area contributed by atoms with Crippen LogP contribution in [0.25, 0.3) is 10.9 Å². The molecule has 0 unspecified atom stereocenters. The molecule has 5 nitrogen and oxygen atoms in total. The number of hydrogen-bond donors (Lipinski definition) is 0. The van der Waals surface area contributed by atoms with Crippen molar-refractivity contribution in [3.63, 3.8) is 0 Å². The average Bonchev–Trinajstić information content (AvgIpc) is 3.19. The summed E-state index contributed by atoms with van der Waals surface area (Å²) in [6.07, 6.45) is 1.78. The van der Waals surface area contributed by atoms with E-state index in [4.69, 9.17) is 16.6 Å². The number of nitrogens with zero attached hydrogens (tertiary/aromatic N) is 3. The highest BCUT2D eigenvalue weighted by Gasteiger charge is 2.22. The molecule has 8 heteroatoms. The first-order chi connectivity index (χ1) is 14.4. The number of hydrogen-bond acceptors (Lipinski definition) is 5. The molecule has 1 aliphatic heterocycles. The maximum Gasteiger partial charge on any atom is 0.262 e. The molecule has 0 bridgehead atoms. The summed E-state index contributed by atoms with van der Waals surface area (Å²) in [5.74, 6) is 0.804. The Morgan fingerprint density at radius 2 is 2.17 bits per heavy atom. The van der Waals surface area contributed by atoms with Crippen LogP contribution in [0.2, 0.25) is 5.02 Å². The summed E-state index contributed by atoms with van der Waals surface area (Å²) >= 11 is 9.21. The number of aromatic nitrogens is 2. The highest BCUT2D eigenvalue weighted by atomic mass is 35.5. The highest BCUT2D eigenvalue weighted by Crippen LogP contribution is 2.26. The second-order valence-electron chi connectivity index (χ2n) is 7.92. The minimum absolute atomic E-state index is 0.0758. The Balaban J connectivity index is 1.56. The first kappa shape index (κ1) is 21.4. The third-order valence-electron chi connectivity index (χ3n) is 5.30. The smallest absolute Gasteiger partial charge is 0.262 e. The molecule has 0 fully saturated rings. The molecule has 1 aliphatic rings. The number of benzene rings is 1. The molecule has 1 aromatic carbocycles. The van der Waals surface area contributed by atoms with Gasteiger partial charge >= 0.3 is 0 Å². The summed E-state index contributed by atoms with van der Waals surface area (Å²) in [6, 6.07) is 7.25. The molecule has 3 heterocycles. The Morgan fingerprint density at radius 1 is 1.33 bits per heavy atom. The van der Waals surface area contributed by atoms with Gasteiger partial charge in [0.15, 0.2) is 5.16 Å². The lowest BCUT2D eigenvalue weighted by atomic mass is 10.1. The lowest BCUT2D eigenvalue weighted by molar-refractivity contribution is -0.129. The van der Waals surface area contributed by atoms with Gasteiger partial charge in [0.25, 0.3) is 5.56 Å². The van der Waals surface area contributed by atoms with Crippen LogP contribution >= 0.6 is 34.7 Å². The molecule has 0 spiro atoms. The van der Waals surface area contributed by atoms with E-state index in [-0.39, 0.29) is 17.2 Å².